The molecule has 1 aliphatic rings. The van der Waals surface area contributed by atoms with E-state index in [-0.39, 0.29) is 5.12 Å². The fraction of sp³-hybridized carbons (Fsp3) is 0.333. The Labute approximate surface area is 191 Å². The molecule has 168 valence electrons. The number of thioether (sulfide) groups is 1. The number of aliphatic carboxylic acids is 1. The van der Waals surface area contributed by atoms with E-state index in [1.165, 1.54) is 11.8 Å². The maximum Gasteiger partial charge on any atom is 0.323 e. The number of nitrogens with zero attached hydrogens (tertiary/aromatic N) is 1. The molecule has 7 nitrogen and oxygen atoms in total. The van der Waals surface area contributed by atoms with Crippen LogP contribution in [0.1, 0.15) is 30.9 Å². The molecule has 32 heavy (non-hydrogen) atoms. The number of carbonyl (C=O) groups is 4. The maximum atomic E-state index is 13.3. The van der Waals surface area contributed by atoms with Gasteiger partial charge in [0.25, 0.3) is 0 Å². The predicted octanol–water partition coefficient (Wildman–Crippen LogP) is 2.82. The molecule has 2 aromatic rings. The molecule has 0 spiro atoms. The van der Waals surface area contributed by atoms with Gasteiger partial charge in [0.2, 0.25) is 11.8 Å². The van der Waals surface area contributed by atoms with Crippen LogP contribution in [0.2, 0.25) is 0 Å². The van der Waals surface area contributed by atoms with E-state index in [0.717, 1.165) is 22.9 Å². The third-order valence-corrected chi connectivity index (χ3v) is 6.26. The van der Waals surface area contributed by atoms with Crippen molar-refractivity contribution in [2.45, 2.75) is 43.9 Å². The summed E-state index contributed by atoms with van der Waals surface area (Å²) in [6, 6.07) is 15.7. The van der Waals surface area contributed by atoms with E-state index < -0.39 is 35.6 Å². The topological polar surface area (TPSA) is 104 Å². The molecule has 2 aromatic carbocycles. The lowest BCUT2D eigenvalue weighted by molar-refractivity contribution is -0.137. The summed E-state index contributed by atoms with van der Waals surface area (Å²) in [4.78, 5) is 50.9. The summed E-state index contributed by atoms with van der Waals surface area (Å²) in [6.45, 7) is 0.917. The second-order valence-electron chi connectivity index (χ2n) is 7.69. The molecule has 0 aliphatic carbocycles. The summed E-state index contributed by atoms with van der Waals surface area (Å²) in [5.41, 5.74) is 2.37. The number of carboxylic acids is 1. The normalized spacial score (nSPS) is 17.0. The Bertz CT molecular complexity index is 995. The first-order chi connectivity index (χ1) is 15.3. The average molecular weight is 455 g/mol. The van der Waals surface area contributed by atoms with Crippen LogP contribution >= 0.6 is 11.8 Å². The molecule has 2 amide bonds. The van der Waals surface area contributed by atoms with E-state index in [4.69, 9.17) is 0 Å². The van der Waals surface area contributed by atoms with Crippen molar-refractivity contribution in [1.82, 2.24) is 5.32 Å². The van der Waals surface area contributed by atoms with Gasteiger partial charge in [0.05, 0.1) is 5.25 Å². The van der Waals surface area contributed by atoms with Gasteiger partial charge in [-0.1, -0.05) is 60.3 Å². The number of hydrogen-bond donors (Lipinski definition) is 2. The molecular formula is C24H26N2O5S. The number of rotatable bonds is 7. The van der Waals surface area contributed by atoms with Crippen LogP contribution in [0.15, 0.2) is 54.6 Å². The summed E-state index contributed by atoms with van der Waals surface area (Å²) >= 11 is 0.932. The lowest BCUT2D eigenvalue weighted by atomic mass is 9.98. The molecule has 0 radical (unpaired) electrons. The van der Waals surface area contributed by atoms with Crippen LogP contribution in [0.5, 0.6) is 0 Å². The van der Waals surface area contributed by atoms with E-state index in [1.807, 2.05) is 42.5 Å². The van der Waals surface area contributed by atoms with Gasteiger partial charge in [-0.05, 0) is 42.9 Å². The van der Waals surface area contributed by atoms with Crippen LogP contribution in [0.25, 0.3) is 0 Å². The SMILES string of the molecule is CC(=O)SC(Cc1ccccc1)C(=O)NC1CCCc2ccccc2N(CC(=O)O)C1=O. The van der Waals surface area contributed by atoms with Gasteiger partial charge in [0.1, 0.15) is 12.6 Å². The number of nitrogens with one attached hydrogen (secondary N) is 1. The number of anilines is 1. The van der Waals surface area contributed by atoms with Crippen LogP contribution in [0, 0.1) is 0 Å². The molecule has 1 aliphatic heterocycles. The van der Waals surface area contributed by atoms with Gasteiger partial charge in [-0.15, -0.1) is 0 Å². The van der Waals surface area contributed by atoms with Crippen molar-refractivity contribution in [3.63, 3.8) is 0 Å². The first-order valence-electron chi connectivity index (χ1n) is 10.5. The molecule has 0 bridgehead atoms. The standard InChI is InChI=1S/C24H26N2O5S/c1-16(27)32-21(14-17-8-3-2-4-9-17)23(30)25-19-12-7-11-18-10-5-6-13-20(18)26(24(19)31)15-22(28)29/h2-6,8-10,13,19,21H,7,11-12,14-15H2,1H3,(H,25,30)(H,28,29). The van der Waals surface area contributed by atoms with E-state index in [9.17, 15) is 24.3 Å². The molecule has 8 heteroatoms. The zero-order valence-electron chi connectivity index (χ0n) is 17.8. The monoisotopic (exact) mass is 454 g/mol. The molecule has 2 unspecified atom stereocenters. The summed E-state index contributed by atoms with van der Waals surface area (Å²) in [7, 11) is 0. The van der Waals surface area contributed by atoms with Crippen molar-refractivity contribution in [3.8, 4) is 0 Å². The Hall–Kier alpha value is -3.13. The average Bonchev–Trinajstić information content (AvgIpc) is 2.76. The number of benzene rings is 2. The highest BCUT2D eigenvalue weighted by molar-refractivity contribution is 8.14. The second kappa shape index (κ2) is 10.9. The number of aryl methyl sites for hydroxylation is 1. The fourth-order valence-electron chi connectivity index (χ4n) is 3.83. The quantitative estimate of drug-likeness (QED) is 0.667. The third kappa shape index (κ3) is 6.20. The molecule has 2 atom stereocenters. The van der Waals surface area contributed by atoms with Gasteiger partial charge >= 0.3 is 5.97 Å². The molecule has 3 rings (SSSR count). The van der Waals surface area contributed by atoms with E-state index in [2.05, 4.69) is 5.32 Å². The minimum Gasteiger partial charge on any atom is -0.480 e. The number of carboxylic acid groups (broad SMARTS) is 1. The maximum absolute atomic E-state index is 13.3. The predicted molar refractivity (Wildman–Crippen MR) is 124 cm³/mol. The van der Waals surface area contributed by atoms with Gasteiger partial charge < -0.3 is 10.4 Å². The number of carbonyl (C=O) groups excluding carboxylic acids is 3. The highest BCUT2D eigenvalue weighted by Gasteiger charge is 2.33. The lowest BCUT2D eigenvalue weighted by Gasteiger charge is -2.31. The van der Waals surface area contributed by atoms with Gasteiger partial charge in [-0.2, -0.15) is 0 Å². The molecule has 0 saturated heterocycles. The Morgan fingerprint density at radius 2 is 1.81 bits per heavy atom. The molecule has 1 heterocycles. The lowest BCUT2D eigenvalue weighted by Crippen LogP contribution is -2.53. The third-order valence-electron chi connectivity index (χ3n) is 5.26. The van der Waals surface area contributed by atoms with Crippen molar-refractivity contribution in [3.05, 3.63) is 65.7 Å². The summed E-state index contributed by atoms with van der Waals surface area (Å²) in [5, 5.41) is 11.3. The fourth-order valence-corrected chi connectivity index (χ4v) is 4.68. The van der Waals surface area contributed by atoms with Gasteiger partial charge in [-0.25, -0.2) is 0 Å². The molecule has 0 saturated carbocycles. The van der Waals surface area contributed by atoms with Crippen molar-refractivity contribution in [1.29, 1.82) is 0 Å². The van der Waals surface area contributed by atoms with Gasteiger partial charge in [0, 0.05) is 12.6 Å². The number of fused-ring (bicyclic) bond motifs is 1. The minimum atomic E-state index is -1.13. The van der Waals surface area contributed by atoms with Gasteiger partial charge in [-0.3, -0.25) is 24.1 Å². The number of amides is 2. The van der Waals surface area contributed by atoms with E-state index in [0.29, 0.717) is 31.4 Å². The van der Waals surface area contributed by atoms with Gasteiger partial charge in [0.15, 0.2) is 5.12 Å². The highest BCUT2D eigenvalue weighted by atomic mass is 32.2. The number of hydrogen-bond acceptors (Lipinski definition) is 5. The Balaban J connectivity index is 1.82. The van der Waals surface area contributed by atoms with Crippen LogP contribution in [0.3, 0.4) is 0 Å². The zero-order chi connectivity index (χ0) is 23.1. The van der Waals surface area contributed by atoms with Crippen molar-refractivity contribution in [2.24, 2.45) is 0 Å². The Morgan fingerprint density at radius 3 is 2.50 bits per heavy atom. The first kappa shape index (κ1) is 23.5. The summed E-state index contributed by atoms with van der Waals surface area (Å²) < 4.78 is 0. The first-order valence-corrected chi connectivity index (χ1v) is 11.4. The largest absolute Gasteiger partial charge is 0.480 e. The second-order valence-corrected chi connectivity index (χ2v) is 9.07. The molecule has 0 fully saturated rings. The Kier molecular flexibility index (Phi) is 8.05. The Morgan fingerprint density at radius 1 is 1.12 bits per heavy atom. The minimum absolute atomic E-state index is 0.188. The van der Waals surface area contributed by atoms with Crippen LogP contribution in [0.4, 0.5) is 5.69 Å². The van der Waals surface area contributed by atoms with Crippen LogP contribution in [-0.4, -0.2) is 45.8 Å². The van der Waals surface area contributed by atoms with E-state index >= 15 is 0 Å². The van der Waals surface area contributed by atoms with Crippen molar-refractivity contribution < 1.29 is 24.3 Å². The smallest absolute Gasteiger partial charge is 0.323 e. The van der Waals surface area contributed by atoms with Crippen molar-refractivity contribution in [2.75, 3.05) is 11.4 Å². The molecular weight excluding hydrogens is 428 g/mol. The molecule has 2 N–H and O–H groups in total. The summed E-state index contributed by atoms with van der Waals surface area (Å²) in [5.74, 6) is -2.00. The van der Waals surface area contributed by atoms with Crippen LogP contribution in [-0.2, 0) is 32.0 Å². The zero-order valence-corrected chi connectivity index (χ0v) is 18.6. The van der Waals surface area contributed by atoms with Crippen molar-refractivity contribution >= 4 is 40.3 Å². The van der Waals surface area contributed by atoms with E-state index in [1.54, 1.807) is 12.1 Å². The summed E-state index contributed by atoms with van der Waals surface area (Å²) in [6.07, 6.45) is 2.07. The molecule has 0 aromatic heterocycles. The highest BCUT2D eigenvalue weighted by Crippen LogP contribution is 2.27. The number of para-hydroxylation sites is 1. The van der Waals surface area contributed by atoms with Crippen LogP contribution < -0.4 is 10.2 Å².